The van der Waals surface area contributed by atoms with Crippen LogP contribution < -0.4 is 5.32 Å². The Bertz CT molecular complexity index is 274. The predicted molar refractivity (Wildman–Crippen MR) is 74.2 cm³/mol. The second-order valence-electron chi connectivity index (χ2n) is 5.90. The Kier molecular flexibility index (Phi) is 5.04. The maximum Gasteiger partial charge on any atom is 0.241 e. The van der Waals surface area contributed by atoms with Gasteiger partial charge in [-0.1, -0.05) is 46.0 Å². The van der Waals surface area contributed by atoms with Gasteiger partial charge < -0.3 is 4.90 Å². The van der Waals surface area contributed by atoms with Crippen LogP contribution in [0.1, 0.15) is 65.2 Å². The molecule has 2 fully saturated rings. The molecule has 2 aliphatic rings. The lowest BCUT2D eigenvalue weighted by Crippen LogP contribution is -2.38. The first-order valence-corrected chi connectivity index (χ1v) is 7.82. The maximum atomic E-state index is 12.3. The molecule has 1 saturated carbocycles. The molecule has 18 heavy (non-hydrogen) atoms. The third-order valence-electron chi connectivity index (χ3n) is 4.57. The van der Waals surface area contributed by atoms with Crippen LogP contribution in [0.4, 0.5) is 0 Å². The zero-order chi connectivity index (χ0) is 13.0. The van der Waals surface area contributed by atoms with Crippen molar-refractivity contribution in [1.29, 1.82) is 0 Å². The van der Waals surface area contributed by atoms with E-state index in [9.17, 15) is 4.79 Å². The van der Waals surface area contributed by atoms with E-state index >= 15 is 0 Å². The van der Waals surface area contributed by atoms with Gasteiger partial charge in [-0.2, -0.15) is 0 Å². The monoisotopic (exact) mass is 252 g/mol. The molecule has 0 aromatic heterocycles. The average Bonchev–Trinajstić information content (AvgIpc) is 2.97. The van der Waals surface area contributed by atoms with Gasteiger partial charge in [-0.25, -0.2) is 0 Å². The Morgan fingerprint density at radius 2 is 1.94 bits per heavy atom. The van der Waals surface area contributed by atoms with E-state index in [2.05, 4.69) is 24.1 Å². The van der Waals surface area contributed by atoms with Crippen LogP contribution in [-0.4, -0.2) is 29.6 Å². The highest BCUT2D eigenvalue weighted by Crippen LogP contribution is 2.28. The fourth-order valence-electron chi connectivity index (χ4n) is 3.44. The van der Waals surface area contributed by atoms with Gasteiger partial charge >= 0.3 is 0 Å². The molecule has 1 heterocycles. The van der Waals surface area contributed by atoms with Crippen LogP contribution in [0.3, 0.4) is 0 Å². The zero-order valence-electron chi connectivity index (χ0n) is 12.0. The summed E-state index contributed by atoms with van der Waals surface area (Å²) in [6.07, 6.45) is 10.2. The van der Waals surface area contributed by atoms with Gasteiger partial charge in [-0.15, -0.1) is 0 Å². The number of nitrogens with one attached hydrogen (secondary N) is 1. The number of hydrogen-bond donors (Lipinski definition) is 1. The van der Waals surface area contributed by atoms with Crippen molar-refractivity contribution in [3.63, 3.8) is 0 Å². The van der Waals surface area contributed by atoms with Crippen LogP contribution in [0.15, 0.2) is 0 Å². The molecule has 1 aliphatic carbocycles. The molecule has 3 heteroatoms. The molecule has 1 saturated heterocycles. The summed E-state index contributed by atoms with van der Waals surface area (Å²) in [5, 5.41) is 3.49. The Labute approximate surface area is 111 Å². The van der Waals surface area contributed by atoms with E-state index < -0.39 is 0 Å². The summed E-state index contributed by atoms with van der Waals surface area (Å²) >= 11 is 0. The fourth-order valence-corrected chi connectivity index (χ4v) is 3.44. The summed E-state index contributed by atoms with van der Waals surface area (Å²) in [5.74, 6) is 1.22. The highest BCUT2D eigenvalue weighted by Gasteiger charge is 2.37. The number of nitrogens with zero attached hydrogens (tertiary/aromatic N) is 1. The Balaban J connectivity index is 1.87. The quantitative estimate of drug-likeness (QED) is 0.788. The first kappa shape index (κ1) is 13.9. The van der Waals surface area contributed by atoms with Gasteiger partial charge in [0.2, 0.25) is 5.91 Å². The molecule has 1 aliphatic heterocycles. The van der Waals surface area contributed by atoms with Crippen molar-refractivity contribution in [2.45, 2.75) is 77.4 Å². The van der Waals surface area contributed by atoms with E-state index in [1.165, 1.54) is 32.1 Å². The van der Waals surface area contributed by atoms with Crippen LogP contribution in [-0.2, 0) is 4.79 Å². The van der Waals surface area contributed by atoms with Gasteiger partial charge in [-0.05, 0) is 25.2 Å². The van der Waals surface area contributed by atoms with Crippen LogP contribution >= 0.6 is 0 Å². The first-order chi connectivity index (χ1) is 8.76. The van der Waals surface area contributed by atoms with Crippen LogP contribution in [0, 0.1) is 5.92 Å². The molecule has 1 N–H and O–H groups in total. The van der Waals surface area contributed by atoms with Gasteiger partial charge in [0, 0.05) is 6.54 Å². The third kappa shape index (κ3) is 3.05. The molecule has 2 unspecified atom stereocenters. The molecule has 0 spiro atoms. The Morgan fingerprint density at radius 3 is 2.56 bits per heavy atom. The predicted octanol–water partition coefficient (Wildman–Crippen LogP) is 2.90. The number of carbonyl (C=O) groups excluding carboxylic acids is 1. The SMILES string of the molecule is CCCC1NC(CC)C(=O)N1CCC1CCCC1. The van der Waals surface area contributed by atoms with Crippen molar-refractivity contribution in [3.8, 4) is 0 Å². The zero-order valence-corrected chi connectivity index (χ0v) is 12.0. The van der Waals surface area contributed by atoms with Crippen LogP contribution in [0.2, 0.25) is 0 Å². The largest absolute Gasteiger partial charge is 0.326 e. The minimum absolute atomic E-state index is 0.0742. The average molecular weight is 252 g/mol. The Morgan fingerprint density at radius 1 is 1.22 bits per heavy atom. The molecule has 2 rings (SSSR count). The topological polar surface area (TPSA) is 32.3 Å². The highest BCUT2D eigenvalue weighted by molar-refractivity contribution is 5.84. The molecule has 104 valence electrons. The smallest absolute Gasteiger partial charge is 0.241 e. The van der Waals surface area contributed by atoms with Gasteiger partial charge in [0.1, 0.15) is 0 Å². The van der Waals surface area contributed by atoms with Gasteiger partial charge in [-0.3, -0.25) is 10.1 Å². The first-order valence-electron chi connectivity index (χ1n) is 7.82. The Hall–Kier alpha value is -0.570. The molecule has 1 amide bonds. The summed E-state index contributed by atoms with van der Waals surface area (Å²) in [5.41, 5.74) is 0. The summed E-state index contributed by atoms with van der Waals surface area (Å²) < 4.78 is 0. The van der Waals surface area contributed by atoms with Crippen molar-refractivity contribution >= 4 is 5.91 Å². The second kappa shape index (κ2) is 6.55. The molecule has 3 nitrogen and oxygen atoms in total. The van der Waals surface area contributed by atoms with E-state index in [4.69, 9.17) is 0 Å². The van der Waals surface area contributed by atoms with E-state index in [0.717, 1.165) is 31.7 Å². The normalized spacial score (nSPS) is 29.4. The highest BCUT2D eigenvalue weighted by atomic mass is 16.2. The minimum Gasteiger partial charge on any atom is -0.326 e. The van der Waals surface area contributed by atoms with Crippen molar-refractivity contribution < 1.29 is 4.79 Å². The lowest BCUT2D eigenvalue weighted by atomic mass is 10.0. The number of rotatable bonds is 6. The summed E-state index contributed by atoms with van der Waals surface area (Å²) in [6.45, 7) is 5.26. The van der Waals surface area contributed by atoms with Crippen molar-refractivity contribution in [1.82, 2.24) is 10.2 Å². The second-order valence-corrected chi connectivity index (χ2v) is 5.90. The van der Waals surface area contributed by atoms with Crippen LogP contribution in [0.5, 0.6) is 0 Å². The molecule has 0 radical (unpaired) electrons. The summed E-state index contributed by atoms with van der Waals surface area (Å²) in [4.78, 5) is 14.4. The van der Waals surface area contributed by atoms with Gasteiger partial charge in [0.15, 0.2) is 0 Å². The maximum absolute atomic E-state index is 12.3. The van der Waals surface area contributed by atoms with E-state index in [1.54, 1.807) is 0 Å². The summed E-state index contributed by atoms with van der Waals surface area (Å²) in [7, 11) is 0. The third-order valence-corrected chi connectivity index (χ3v) is 4.57. The molecule has 0 aromatic rings. The van der Waals surface area contributed by atoms with Crippen molar-refractivity contribution in [2.24, 2.45) is 5.92 Å². The molecule has 2 atom stereocenters. The number of hydrogen-bond acceptors (Lipinski definition) is 2. The van der Waals surface area contributed by atoms with Crippen LogP contribution in [0.25, 0.3) is 0 Å². The van der Waals surface area contributed by atoms with Gasteiger partial charge in [0.25, 0.3) is 0 Å². The fraction of sp³-hybridized carbons (Fsp3) is 0.933. The number of amides is 1. The van der Waals surface area contributed by atoms with Crippen molar-refractivity contribution in [2.75, 3.05) is 6.54 Å². The minimum atomic E-state index is 0.0742. The summed E-state index contributed by atoms with van der Waals surface area (Å²) in [6, 6.07) is 0.0742. The lowest BCUT2D eigenvalue weighted by molar-refractivity contribution is -0.130. The van der Waals surface area contributed by atoms with E-state index in [0.29, 0.717) is 12.1 Å². The molecular weight excluding hydrogens is 224 g/mol. The van der Waals surface area contributed by atoms with E-state index in [1.807, 2.05) is 0 Å². The number of carbonyl (C=O) groups is 1. The molecular formula is C15H28N2O. The van der Waals surface area contributed by atoms with Gasteiger partial charge in [0.05, 0.1) is 12.2 Å². The van der Waals surface area contributed by atoms with Crippen molar-refractivity contribution in [3.05, 3.63) is 0 Å². The standard InChI is InChI=1S/C15H28N2O/c1-3-7-14-16-13(4-2)15(18)17(14)11-10-12-8-5-6-9-12/h12-14,16H,3-11H2,1-2H3. The molecule has 0 aromatic carbocycles. The molecule has 0 bridgehead atoms. The lowest BCUT2D eigenvalue weighted by Gasteiger charge is -2.25. The van der Waals surface area contributed by atoms with E-state index in [-0.39, 0.29) is 6.04 Å².